The van der Waals surface area contributed by atoms with Gasteiger partial charge in [0.2, 0.25) is 5.78 Å². The summed E-state index contributed by atoms with van der Waals surface area (Å²) in [6, 6.07) is 11.5. The third-order valence-electron chi connectivity index (χ3n) is 3.46. The predicted molar refractivity (Wildman–Crippen MR) is 88.0 cm³/mol. The van der Waals surface area contributed by atoms with Gasteiger partial charge in [-0.25, -0.2) is 0 Å². The van der Waals surface area contributed by atoms with Crippen molar-refractivity contribution in [1.29, 1.82) is 0 Å². The van der Waals surface area contributed by atoms with E-state index in [1.165, 1.54) is 0 Å². The molecule has 21 heavy (non-hydrogen) atoms. The standard InChI is InChI=1S/C17H19BrNO.BrH/c1-5-16(19(2,3)4)17(20)14-10-11-15(18)13-9-7-6-8-12(13)14;/h5-11,16H,1H2,2-4H3;1H/q+1;/p-1. The van der Waals surface area contributed by atoms with Gasteiger partial charge >= 0.3 is 0 Å². The van der Waals surface area contributed by atoms with Gasteiger partial charge in [0.1, 0.15) is 0 Å². The number of benzene rings is 2. The number of Topliss-reactive ketones (excluding diaryl/α,β-unsaturated/α-hetero) is 1. The summed E-state index contributed by atoms with van der Waals surface area (Å²) in [7, 11) is 6.02. The van der Waals surface area contributed by atoms with Crippen LogP contribution >= 0.6 is 15.9 Å². The zero-order valence-electron chi connectivity index (χ0n) is 12.4. The normalized spacial score (nSPS) is 12.6. The Morgan fingerprint density at radius 3 is 2.24 bits per heavy atom. The van der Waals surface area contributed by atoms with E-state index in [9.17, 15) is 4.79 Å². The Morgan fingerprint density at radius 2 is 1.71 bits per heavy atom. The highest BCUT2D eigenvalue weighted by molar-refractivity contribution is 9.10. The van der Waals surface area contributed by atoms with Crippen LogP contribution in [0.5, 0.6) is 0 Å². The monoisotopic (exact) mass is 411 g/mol. The fourth-order valence-corrected chi connectivity index (χ4v) is 2.89. The lowest BCUT2D eigenvalue weighted by Gasteiger charge is -2.31. The van der Waals surface area contributed by atoms with Gasteiger partial charge in [-0.1, -0.05) is 46.8 Å². The first-order valence-corrected chi connectivity index (χ1v) is 7.30. The minimum absolute atomic E-state index is 0. The number of halogens is 2. The van der Waals surface area contributed by atoms with E-state index in [1.807, 2.05) is 57.5 Å². The van der Waals surface area contributed by atoms with Gasteiger partial charge in [0.05, 0.1) is 21.1 Å². The van der Waals surface area contributed by atoms with Crippen molar-refractivity contribution in [2.45, 2.75) is 6.04 Å². The summed E-state index contributed by atoms with van der Waals surface area (Å²) in [5.41, 5.74) is 0.752. The molecule has 0 aliphatic rings. The Morgan fingerprint density at radius 1 is 1.14 bits per heavy atom. The third kappa shape index (κ3) is 3.62. The van der Waals surface area contributed by atoms with Gasteiger partial charge in [0.25, 0.3) is 0 Å². The van der Waals surface area contributed by atoms with Crippen LogP contribution in [-0.4, -0.2) is 37.5 Å². The molecule has 0 radical (unpaired) electrons. The van der Waals surface area contributed by atoms with Crippen LogP contribution in [0.3, 0.4) is 0 Å². The third-order valence-corrected chi connectivity index (χ3v) is 4.15. The molecule has 0 saturated carbocycles. The highest BCUT2D eigenvalue weighted by atomic mass is 79.9. The summed E-state index contributed by atoms with van der Waals surface area (Å²) in [6.07, 6.45) is 1.74. The molecule has 1 unspecified atom stereocenters. The number of carbonyl (C=O) groups is 1. The number of fused-ring (bicyclic) bond motifs is 1. The second-order valence-electron chi connectivity index (χ2n) is 5.80. The van der Waals surface area contributed by atoms with Crippen molar-refractivity contribution < 1.29 is 26.3 Å². The number of carbonyl (C=O) groups excluding carboxylic acids is 1. The van der Waals surface area contributed by atoms with Crippen molar-refractivity contribution in [3.8, 4) is 0 Å². The molecule has 0 aliphatic carbocycles. The van der Waals surface area contributed by atoms with Crippen molar-refractivity contribution in [2.24, 2.45) is 0 Å². The first kappa shape index (κ1) is 18.1. The number of nitrogens with zero attached hydrogens (tertiary/aromatic N) is 1. The van der Waals surface area contributed by atoms with E-state index in [-0.39, 0.29) is 28.8 Å². The lowest BCUT2D eigenvalue weighted by Crippen LogP contribution is -3.00. The lowest BCUT2D eigenvalue weighted by atomic mass is 9.96. The van der Waals surface area contributed by atoms with Gasteiger partial charge in [-0.05, 0) is 29.0 Å². The van der Waals surface area contributed by atoms with Crippen molar-refractivity contribution in [2.75, 3.05) is 21.1 Å². The maximum atomic E-state index is 12.8. The Balaban J connectivity index is 0.00000220. The highest BCUT2D eigenvalue weighted by Crippen LogP contribution is 2.28. The van der Waals surface area contributed by atoms with Gasteiger partial charge in [-0.3, -0.25) is 4.79 Å². The summed E-state index contributed by atoms with van der Waals surface area (Å²) in [5, 5.41) is 2.04. The largest absolute Gasteiger partial charge is 1.00 e. The molecular formula is C17H19Br2NO. The molecule has 2 aromatic rings. The second-order valence-corrected chi connectivity index (χ2v) is 6.66. The number of likely N-dealkylation sites (N-methyl/N-ethyl adjacent to an activating group) is 1. The molecule has 1 atom stereocenters. The molecule has 2 aromatic carbocycles. The SMILES string of the molecule is C=CC(C(=O)c1ccc(Br)c2ccccc12)[N+](C)(C)C.[Br-]. The van der Waals surface area contributed by atoms with E-state index < -0.39 is 0 Å². The summed E-state index contributed by atoms with van der Waals surface area (Å²) in [4.78, 5) is 12.8. The van der Waals surface area contributed by atoms with Gasteiger partial charge in [-0.15, -0.1) is 0 Å². The number of ketones is 1. The molecule has 4 heteroatoms. The van der Waals surface area contributed by atoms with Gasteiger partial charge in [0.15, 0.2) is 6.04 Å². The summed E-state index contributed by atoms with van der Waals surface area (Å²) in [6.45, 7) is 3.83. The van der Waals surface area contributed by atoms with Gasteiger partial charge in [-0.2, -0.15) is 0 Å². The summed E-state index contributed by atoms with van der Waals surface area (Å²) < 4.78 is 1.54. The Hall–Kier alpha value is -0.970. The van der Waals surface area contributed by atoms with Crippen molar-refractivity contribution in [1.82, 2.24) is 0 Å². The highest BCUT2D eigenvalue weighted by Gasteiger charge is 2.30. The molecule has 0 saturated heterocycles. The van der Waals surface area contributed by atoms with Crippen LogP contribution in [0.1, 0.15) is 10.4 Å². The number of hydrogen-bond donors (Lipinski definition) is 0. The topological polar surface area (TPSA) is 17.1 Å². The minimum Gasteiger partial charge on any atom is -1.00 e. The van der Waals surface area contributed by atoms with Crippen LogP contribution in [0.15, 0.2) is 53.5 Å². The quantitative estimate of drug-likeness (QED) is 0.416. The van der Waals surface area contributed by atoms with Crippen molar-refractivity contribution in [3.05, 3.63) is 59.1 Å². The Labute approximate surface area is 144 Å². The first-order valence-electron chi connectivity index (χ1n) is 6.51. The van der Waals surface area contributed by atoms with E-state index in [1.54, 1.807) is 6.08 Å². The van der Waals surface area contributed by atoms with Crippen LogP contribution in [-0.2, 0) is 0 Å². The van der Waals surface area contributed by atoms with Crippen molar-refractivity contribution >= 4 is 32.5 Å². The Kier molecular flexibility index (Phi) is 5.91. The molecular weight excluding hydrogens is 394 g/mol. The van der Waals surface area contributed by atoms with Crippen LogP contribution in [0.25, 0.3) is 10.8 Å². The smallest absolute Gasteiger partial charge is 0.224 e. The number of hydrogen-bond acceptors (Lipinski definition) is 1. The maximum Gasteiger partial charge on any atom is 0.224 e. The first-order chi connectivity index (χ1) is 9.36. The molecule has 2 rings (SSSR count). The molecule has 0 bridgehead atoms. The molecule has 0 N–H and O–H groups in total. The van der Waals surface area contributed by atoms with E-state index in [4.69, 9.17) is 0 Å². The average Bonchev–Trinajstić information content (AvgIpc) is 2.38. The zero-order chi connectivity index (χ0) is 14.9. The fourth-order valence-electron chi connectivity index (χ4n) is 2.41. The molecule has 112 valence electrons. The lowest BCUT2D eigenvalue weighted by molar-refractivity contribution is -0.879. The molecule has 0 spiro atoms. The molecule has 0 heterocycles. The molecule has 2 nitrogen and oxygen atoms in total. The predicted octanol–water partition coefficient (Wildman–Crippen LogP) is 1.05. The van der Waals surface area contributed by atoms with E-state index in [0.717, 1.165) is 20.8 Å². The number of rotatable bonds is 4. The maximum absolute atomic E-state index is 12.8. The van der Waals surface area contributed by atoms with Gasteiger partial charge in [0, 0.05) is 10.0 Å². The van der Waals surface area contributed by atoms with Crippen LogP contribution in [0.2, 0.25) is 0 Å². The number of quaternary nitrogens is 1. The van der Waals surface area contributed by atoms with Crippen LogP contribution < -0.4 is 17.0 Å². The second kappa shape index (κ2) is 6.86. The van der Waals surface area contributed by atoms with E-state index in [0.29, 0.717) is 4.48 Å². The minimum atomic E-state index is -0.250. The average molecular weight is 413 g/mol. The molecule has 0 aliphatic heterocycles. The molecule has 0 fully saturated rings. The van der Waals surface area contributed by atoms with Crippen LogP contribution in [0.4, 0.5) is 0 Å². The van der Waals surface area contributed by atoms with Gasteiger partial charge < -0.3 is 21.5 Å². The Bertz CT molecular complexity index is 674. The fraction of sp³-hybridized carbons (Fsp3) is 0.235. The van der Waals surface area contributed by atoms with Crippen molar-refractivity contribution in [3.63, 3.8) is 0 Å². The van der Waals surface area contributed by atoms with E-state index in [2.05, 4.69) is 22.5 Å². The summed E-state index contributed by atoms with van der Waals surface area (Å²) in [5.74, 6) is 0.108. The van der Waals surface area contributed by atoms with Crippen LogP contribution in [0, 0.1) is 0 Å². The molecule has 0 aromatic heterocycles. The summed E-state index contributed by atoms with van der Waals surface area (Å²) >= 11 is 3.54. The van der Waals surface area contributed by atoms with E-state index >= 15 is 0 Å². The zero-order valence-corrected chi connectivity index (χ0v) is 15.6. The molecule has 0 amide bonds.